The van der Waals surface area contributed by atoms with Crippen LogP contribution in [0.15, 0.2) is 0 Å². The number of esters is 1. The lowest BCUT2D eigenvalue weighted by Gasteiger charge is -2.46. The van der Waals surface area contributed by atoms with E-state index in [1.54, 1.807) is 7.11 Å². The van der Waals surface area contributed by atoms with Gasteiger partial charge in [0.2, 0.25) is 0 Å². The second-order valence-electron chi connectivity index (χ2n) is 5.26. The van der Waals surface area contributed by atoms with Gasteiger partial charge in [0.15, 0.2) is 0 Å². The standard InChI is InChI=1S/C14H27NO3/c1-5-18-13(16)11-14(3,12(2)17-4)15-9-7-6-8-10-15/h12H,5-11H2,1-4H3. The van der Waals surface area contributed by atoms with Crippen molar-refractivity contribution in [3.63, 3.8) is 0 Å². The van der Waals surface area contributed by atoms with E-state index in [4.69, 9.17) is 9.47 Å². The second kappa shape index (κ2) is 7.10. The Morgan fingerprint density at radius 2 is 1.94 bits per heavy atom. The van der Waals surface area contributed by atoms with E-state index in [0.29, 0.717) is 13.0 Å². The zero-order valence-electron chi connectivity index (χ0n) is 12.2. The van der Waals surface area contributed by atoms with Crippen LogP contribution in [-0.2, 0) is 14.3 Å². The van der Waals surface area contributed by atoms with E-state index < -0.39 is 0 Å². The van der Waals surface area contributed by atoms with Crippen LogP contribution in [0, 0.1) is 0 Å². The third kappa shape index (κ3) is 3.69. The summed E-state index contributed by atoms with van der Waals surface area (Å²) in [6, 6.07) is 0. The van der Waals surface area contributed by atoms with Crippen molar-refractivity contribution in [2.24, 2.45) is 0 Å². The van der Waals surface area contributed by atoms with Gasteiger partial charge in [0, 0.05) is 7.11 Å². The summed E-state index contributed by atoms with van der Waals surface area (Å²) in [5.74, 6) is -0.130. The fourth-order valence-corrected chi connectivity index (χ4v) is 2.68. The molecule has 0 aromatic heterocycles. The first-order valence-electron chi connectivity index (χ1n) is 6.98. The largest absolute Gasteiger partial charge is 0.466 e. The van der Waals surface area contributed by atoms with Crippen LogP contribution in [0.25, 0.3) is 0 Å². The van der Waals surface area contributed by atoms with Crippen molar-refractivity contribution in [2.45, 2.75) is 58.1 Å². The topological polar surface area (TPSA) is 38.8 Å². The number of methoxy groups -OCH3 is 1. The van der Waals surface area contributed by atoms with Crippen molar-refractivity contribution >= 4 is 5.97 Å². The molecule has 0 aromatic rings. The molecule has 0 spiro atoms. The smallest absolute Gasteiger partial charge is 0.307 e. The Hall–Kier alpha value is -0.610. The number of hydrogen-bond acceptors (Lipinski definition) is 4. The Morgan fingerprint density at radius 1 is 1.33 bits per heavy atom. The van der Waals surface area contributed by atoms with E-state index in [1.807, 2.05) is 13.8 Å². The van der Waals surface area contributed by atoms with E-state index in [0.717, 1.165) is 13.1 Å². The van der Waals surface area contributed by atoms with Gasteiger partial charge in [0.25, 0.3) is 0 Å². The molecule has 4 nitrogen and oxygen atoms in total. The normalized spacial score (nSPS) is 22.2. The Bertz CT molecular complexity index is 264. The SMILES string of the molecule is CCOC(=O)CC(C)(C(C)OC)N1CCCCC1. The lowest BCUT2D eigenvalue weighted by molar-refractivity contribution is -0.150. The van der Waals surface area contributed by atoms with E-state index in [1.165, 1.54) is 19.3 Å². The van der Waals surface area contributed by atoms with Gasteiger partial charge in [-0.05, 0) is 46.7 Å². The highest BCUT2D eigenvalue weighted by molar-refractivity contribution is 5.71. The maximum absolute atomic E-state index is 11.8. The first-order valence-corrected chi connectivity index (χ1v) is 6.98. The maximum Gasteiger partial charge on any atom is 0.307 e. The number of hydrogen-bond donors (Lipinski definition) is 0. The quantitative estimate of drug-likeness (QED) is 0.684. The van der Waals surface area contributed by atoms with Gasteiger partial charge < -0.3 is 9.47 Å². The van der Waals surface area contributed by atoms with E-state index in [9.17, 15) is 4.79 Å². The third-order valence-electron chi connectivity index (χ3n) is 4.12. The van der Waals surface area contributed by atoms with Gasteiger partial charge in [-0.15, -0.1) is 0 Å². The molecule has 2 unspecified atom stereocenters. The predicted octanol–water partition coefficient (Wildman–Crippen LogP) is 2.22. The van der Waals surface area contributed by atoms with Crippen molar-refractivity contribution in [1.82, 2.24) is 4.90 Å². The highest BCUT2D eigenvalue weighted by Crippen LogP contribution is 2.29. The molecule has 2 atom stereocenters. The lowest BCUT2D eigenvalue weighted by atomic mass is 9.87. The molecule has 0 radical (unpaired) electrons. The van der Waals surface area contributed by atoms with E-state index in [2.05, 4.69) is 11.8 Å². The van der Waals surface area contributed by atoms with Gasteiger partial charge in [-0.25, -0.2) is 0 Å². The Labute approximate surface area is 111 Å². The van der Waals surface area contributed by atoms with Crippen molar-refractivity contribution in [1.29, 1.82) is 0 Å². The highest BCUT2D eigenvalue weighted by atomic mass is 16.5. The summed E-state index contributed by atoms with van der Waals surface area (Å²) in [5.41, 5.74) is -0.262. The van der Waals surface area contributed by atoms with Crippen LogP contribution in [0.2, 0.25) is 0 Å². The molecule has 1 fully saturated rings. The summed E-state index contributed by atoms with van der Waals surface area (Å²) in [6.07, 6.45) is 4.10. The maximum atomic E-state index is 11.8. The molecule has 1 heterocycles. The molecule has 0 saturated carbocycles. The third-order valence-corrected chi connectivity index (χ3v) is 4.12. The number of rotatable bonds is 6. The van der Waals surface area contributed by atoms with Crippen molar-refractivity contribution in [2.75, 3.05) is 26.8 Å². The average molecular weight is 257 g/mol. The van der Waals surface area contributed by atoms with Gasteiger partial charge in [-0.3, -0.25) is 9.69 Å². The number of ether oxygens (including phenoxy) is 2. The van der Waals surface area contributed by atoms with Crippen LogP contribution in [0.5, 0.6) is 0 Å². The summed E-state index contributed by atoms with van der Waals surface area (Å²) in [6.45, 7) is 8.52. The molecule has 106 valence electrons. The molecule has 1 aliphatic rings. The fourth-order valence-electron chi connectivity index (χ4n) is 2.68. The van der Waals surface area contributed by atoms with Crippen LogP contribution in [-0.4, -0.2) is 49.3 Å². The van der Waals surface area contributed by atoms with E-state index in [-0.39, 0.29) is 17.6 Å². The van der Waals surface area contributed by atoms with E-state index >= 15 is 0 Å². The molecule has 0 amide bonds. The Balaban J connectivity index is 2.76. The number of likely N-dealkylation sites (tertiary alicyclic amines) is 1. The minimum atomic E-state index is -0.262. The average Bonchev–Trinajstić information content (AvgIpc) is 2.38. The van der Waals surface area contributed by atoms with Crippen LogP contribution in [0.3, 0.4) is 0 Å². The van der Waals surface area contributed by atoms with Gasteiger partial charge in [0.05, 0.1) is 24.7 Å². The number of carbonyl (C=O) groups excluding carboxylic acids is 1. The lowest BCUT2D eigenvalue weighted by Crippen LogP contribution is -2.57. The van der Waals surface area contributed by atoms with Gasteiger partial charge >= 0.3 is 5.97 Å². The molecule has 1 aliphatic heterocycles. The van der Waals surface area contributed by atoms with Crippen LogP contribution >= 0.6 is 0 Å². The summed E-state index contributed by atoms with van der Waals surface area (Å²) in [7, 11) is 1.71. The van der Waals surface area contributed by atoms with Crippen molar-refractivity contribution < 1.29 is 14.3 Å². The summed E-state index contributed by atoms with van der Waals surface area (Å²) in [4.78, 5) is 14.2. The predicted molar refractivity (Wildman–Crippen MR) is 71.6 cm³/mol. The zero-order chi connectivity index (χ0) is 13.6. The summed E-state index contributed by atoms with van der Waals surface area (Å²) in [5, 5.41) is 0. The molecular formula is C14H27NO3. The minimum Gasteiger partial charge on any atom is -0.466 e. The summed E-state index contributed by atoms with van der Waals surface area (Å²) < 4.78 is 10.6. The highest BCUT2D eigenvalue weighted by Gasteiger charge is 2.40. The number of nitrogens with zero attached hydrogens (tertiary/aromatic N) is 1. The van der Waals surface area contributed by atoms with Crippen LogP contribution in [0.1, 0.15) is 46.5 Å². The second-order valence-corrected chi connectivity index (χ2v) is 5.26. The van der Waals surface area contributed by atoms with Gasteiger partial charge in [-0.1, -0.05) is 6.42 Å². The fraction of sp³-hybridized carbons (Fsp3) is 0.929. The number of piperidine rings is 1. The van der Waals surface area contributed by atoms with Crippen LogP contribution in [0.4, 0.5) is 0 Å². The molecule has 18 heavy (non-hydrogen) atoms. The monoisotopic (exact) mass is 257 g/mol. The van der Waals surface area contributed by atoms with Crippen LogP contribution < -0.4 is 0 Å². The number of carbonyl (C=O) groups is 1. The van der Waals surface area contributed by atoms with Crippen molar-refractivity contribution in [3.8, 4) is 0 Å². The van der Waals surface area contributed by atoms with Crippen molar-refractivity contribution in [3.05, 3.63) is 0 Å². The molecule has 0 bridgehead atoms. The first kappa shape index (κ1) is 15.4. The molecule has 0 aromatic carbocycles. The zero-order valence-corrected chi connectivity index (χ0v) is 12.2. The molecule has 1 saturated heterocycles. The summed E-state index contributed by atoms with van der Waals surface area (Å²) >= 11 is 0. The first-order chi connectivity index (χ1) is 8.54. The molecule has 4 heteroatoms. The molecular weight excluding hydrogens is 230 g/mol. The molecule has 0 N–H and O–H groups in total. The Kier molecular flexibility index (Phi) is 6.09. The Morgan fingerprint density at radius 3 is 2.44 bits per heavy atom. The molecule has 0 aliphatic carbocycles. The van der Waals surface area contributed by atoms with Gasteiger partial charge in [-0.2, -0.15) is 0 Å². The van der Waals surface area contributed by atoms with Gasteiger partial charge in [0.1, 0.15) is 0 Å². The minimum absolute atomic E-state index is 0.0139. The molecule has 1 rings (SSSR count).